The molecule has 372 valence electrons. The van der Waals surface area contributed by atoms with Gasteiger partial charge in [-0.2, -0.15) is 0 Å². The predicted molar refractivity (Wildman–Crippen MR) is 293 cm³/mol. The maximum atomic E-state index is 12.7. The highest BCUT2D eigenvalue weighted by molar-refractivity contribution is 7.20. The Morgan fingerprint density at radius 3 is 1.45 bits per heavy atom. The Labute approximate surface area is 440 Å². The topological polar surface area (TPSA) is 142 Å². The van der Waals surface area contributed by atoms with Crippen LogP contribution in [-0.2, 0) is 32.1 Å². The number of alkyl halides is 1. The summed E-state index contributed by atoms with van der Waals surface area (Å²) in [6, 6.07) is 25.5. The van der Waals surface area contributed by atoms with Gasteiger partial charge in [-0.1, -0.05) is 13.8 Å². The molecule has 8 heterocycles. The van der Waals surface area contributed by atoms with E-state index in [9.17, 15) is 9.59 Å². The minimum absolute atomic E-state index is 0.101. The second-order valence-electron chi connectivity index (χ2n) is 16.8. The normalized spacial score (nSPS) is 11.9. The van der Waals surface area contributed by atoms with Crippen LogP contribution in [0.25, 0.3) is 42.0 Å². The zero-order chi connectivity index (χ0) is 51.0. The van der Waals surface area contributed by atoms with Gasteiger partial charge < -0.3 is 18.9 Å². The van der Waals surface area contributed by atoms with E-state index in [1.54, 1.807) is 94.2 Å². The van der Waals surface area contributed by atoms with Gasteiger partial charge in [-0.25, -0.2) is 0 Å². The lowest BCUT2D eigenvalue weighted by Crippen LogP contribution is -2.21. The molecule has 17 heteroatoms. The SMILES string of the molecule is CCN(Cc1ccncc1)Cc1cc2c(OC)c3ncccc3c(OC)c2s1.CCN(Cc1ccncc1)Cc1cc2c(s1)C(=O)c1cccnc1C2=O.COc1c2cc(CCl)sc2c(OC)c2cccnc12. The van der Waals surface area contributed by atoms with Crippen LogP contribution < -0.4 is 18.9 Å². The molecule has 0 N–H and O–H groups in total. The van der Waals surface area contributed by atoms with E-state index in [0.717, 1.165) is 107 Å². The summed E-state index contributed by atoms with van der Waals surface area (Å²) in [6.07, 6.45) is 12.4. The van der Waals surface area contributed by atoms with Crippen LogP contribution in [0.2, 0.25) is 0 Å². The summed E-state index contributed by atoms with van der Waals surface area (Å²) in [5.41, 5.74) is 5.26. The maximum Gasteiger partial charge on any atom is 0.213 e. The molecular formula is C56H52ClN7O6S3. The summed E-state index contributed by atoms with van der Waals surface area (Å²) in [5, 5.41) is 4.00. The zero-order valence-electron chi connectivity index (χ0n) is 41.2. The van der Waals surface area contributed by atoms with Gasteiger partial charge in [-0.15, -0.1) is 45.6 Å². The number of rotatable bonds is 15. The Hall–Kier alpha value is -6.92. The van der Waals surface area contributed by atoms with E-state index in [0.29, 0.717) is 28.4 Å². The Morgan fingerprint density at radius 2 is 0.959 bits per heavy atom. The number of methoxy groups -OCH3 is 4. The van der Waals surface area contributed by atoms with Crippen LogP contribution in [0.15, 0.2) is 122 Å². The van der Waals surface area contributed by atoms with Crippen LogP contribution >= 0.6 is 45.6 Å². The molecule has 11 rings (SSSR count). The molecule has 0 fully saturated rings. The molecule has 0 amide bonds. The number of thiophene rings is 3. The number of hydrogen-bond donors (Lipinski definition) is 0. The number of benzene rings is 2. The third-order valence-corrected chi connectivity index (χ3v) is 16.2. The predicted octanol–water partition coefficient (Wildman–Crippen LogP) is 12.4. The third-order valence-electron chi connectivity index (χ3n) is 12.4. The quantitative estimate of drug-likeness (QED) is 0.0900. The Kier molecular flexibility index (Phi) is 16.3. The van der Waals surface area contributed by atoms with Crippen LogP contribution in [0.4, 0.5) is 0 Å². The Morgan fingerprint density at radius 1 is 0.493 bits per heavy atom. The fraction of sp³-hybridized carbons (Fsp3) is 0.232. The molecule has 0 spiro atoms. The standard InChI is InChI=1S/C22H23N3O2S.C20H17N3O2S.C14H12ClNO2S/c1-4-25(13-15-7-10-23-11-8-15)14-16-12-18-20(26-2)19-17(6-5-9-24-19)21(27-3)22(18)28-16;1-2-23(11-13-5-8-21-9-6-13)12-14-10-16-18(24)17-15(4-3-7-22-17)19(25)20(16)26-14;1-17-12-10-6-8(7-15)19-14(10)13(18-2)9-4-3-5-16-11(9)12/h5-12H,4,13-14H2,1-3H3;3-10H,2,11-12H2,1H3;3-6H,7H2,1-2H3. The Balaban J connectivity index is 0.000000137. The van der Waals surface area contributed by atoms with Gasteiger partial charge in [-0.3, -0.25) is 44.3 Å². The summed E-state index contributed by atoms with van der Waals surface area (Å²) >= 11 is 10.7. The molecule has 0 unspecified atom stereocenters. The molecule has 73 heavy (non-hydrogen) atoms. The minimum Gasteiger partial charge on any atom is -0.495 e. The highest BCUT2D eigenvalue weighted by atomic mass is 35.5. The zero-order valence-corrected chi connectivity index (χ0v) is 44.4. The lowest BCUT2D eigenvalue weighted by molar-refractivity contribution is 0.0978. The number of pyridine rings is 5. The third kappa shape index (κ3) is 10.6. The van der Waals surface area contributed by atoms with Gasteiger partial charge in [0.2, 0.25) is 11.6 Å². The summed E-state index contributed by atoms with van der Waals surface area (Å²) in [5.74, 6) is 3.51. The monoisotopic (exact) mass is 1050 g/mol. The van der Waals surface area contributed by atoms with Crippen molar-refractivity contribution in [2.45, 2.75) is 45.9 Å². The average molecular weight is 1050 g/mol. The molecule has 1 aliphatic rings. The first-order chi connectivity index (χ1) is 35.7. The van der Waals surface area contributed by atoms with Crippen molar-refractivity contribution in [3.8, 4) is 23.0 Å². The highest BCUT2D eigenvalue weighted by Crippen LogP contribution is 2.47. The van der Waals surface area contributed by atoms with Crippen molar-refractivity contribution in [1.29, 1.82) is 0 Å². The fourth-order valence-corrected chi connectivity index (χ4v) is 12.6. The maximum absolute atomic E-state index is 12.7. The van der Waals surface area contributed by atoms with Crippen LogP contribution in [-0.4, -0.2) is 87.8 Å². The molecule has 0 bridgehead atoms. The molecule has 0 atom stereocenters. The van der Waals surface area contributed by atoms with Gasteiger partial charge >= 0.3 is 0 Å². The van der Waals surface area contributed by atoms with Gasteiger partial charge in [0.15, 0.2) is 11.5 Å². The van der Waals surface area contributed by atoms with Crippen molar-refractivity contribution in [2.75, 3.05) is 41.5 Å². The van der Waals surface area contributed by atoms with E-state index >= 15 is 0 Å². The second kappa shape index (κ2) is 23.3. The van der Waals surface area contributed by atoms with E-state index in [1.165, 1.54) is 27.3 Å². The van der Waals surface area contributed by atoms with Crippen molar-refractivity contribution in [1.82, 2.24) is 34.7 Å². The molecule has 0 saturated carbocycles. The van der Waals surface area contributed by atoms with Crippen molar-refractivity contribution in [3.63, 3.8) is 0 Å². The van der Waals surface area contributed by atoms with Crippen LogP contribution in [0.3, 0.4) is 0 Å². The van der Waals surface area contributed by atoms with E-state index in [1.807, 2.05) is 60.9 Å². The first-order valence-corrected chi connectivity index (χ1v) is 26.5. The van der Waals surface area contributed by atoms with Crippen LogP contribution in [0.5, 0.6) is 23.0 Å². The van der Waals surface area contributed by atoms with Crippen LogP contribution in [0, 0.1) is 0 Å². The first kappa shape index (κ1) is 51.0. The molecular weight excluding hydrogens is 998 g/mol. The number of nitrogens with zero attached hydrogens (tertiary/aromatic N) is 7. The van der Waals surface area contributed by atoms with Crippen LogP contribution in [0.1, 0.15) is 70.9 Å². The highest BCUT2D eigenvalue weighted by Gasteiger charge is 2.33. The molecule has 1 aliphatic carbocycles. The lowest BCUT2D eigenvalue weighted by Gasteiger charge is -2.19. The largest absolute Gasteiger partial charge is 0.495 e. The first-order valence-electron chi connectivity index (χ1n) is 23.5. The van der Waals surface area contributed by atoms with Crippen molar-refractivity contribution >= 4 is 99.2 Å². The second-order valence-corrected chi connectivity index (χ2v) is 20.5. The molecule has 0 saturated heterocycles. The van der Waals surface area contributed by atoms with Crippen molar-refractivity contribution in [3.05, 3.63) is 170 Å². The molecule has 10 aromatic rings. The number of ketones is 2. The molecule has 8 aromatic heterocycles. The van der Waals surface area contributed by atoms with E-state index < -0.39 is 0 Å². The molecule has 13 nitrogen and oxygen atoms in total. The number of carbonyl (C=O) groups excluding carboxylic acids is 2. The smallest absolute Gasteiger partial charge is 0.213 e. The molecule has 0 radical (unpaired) electrons. The summed E-state index contributed by atoms with van der Waals surface area (Å²) in [4.78, 5) is 55.2. The molecule has 2 aromatic carbocycles. The number of hydrogen-bond acceptors (Lipinski definition) is 16. The van der Waals surface area contributed by atoms with Gasteiger partial charge in [0, 0.05) is 111 Å². The van der Waals surface area contributed by atoms with Gasteiger partial charge in [0.1, 0.15) is 28.2 Å². The average Bonchev–Trinajstić information content (AvgIpc) is 4.19. The number of aromatic nitrogens is 5. The van der Waals surface area contributed by atoms with Crippen molar-refractivity contribution < 1.29 is 28.5 Å². The van der Waals surface area contributed by atoms with Crippen molar-refractivity contribution in [2.24, 2.45) is 0 Å². The number of carbonyl (C=O) groups is 2. The van der Waals surface area contributed by atoms with E-state index in [4.69, 9.17) is 30.5 Å². The van der Waals surface area contributed by atoms with E-state index in [2.05, 4.69) is 66.8 Å². The molecule has 0 aliphatic heterocycles. The van der Waals surface area contributed by atoms with Gasteiger partial charge in [-0.05, 0) is 103 Å². The summed E-state index contributed by atoms with van der Waals surface area (Å²) in [7, 11) is 6.75. The van der Waals surface area contributed by atoms with Gasteiger partial charge in [0.05, 0.1) is 54.2 Å². The number of fused-ring (bicyclic) bond motifs is 6. The summed E-state index contributed by atoms with van der Waals surface area (Å²) in [6.45, 7) is 9.38. The summed E-state index contributed by atoms with van der Waals surface area (Å²) < 4.78 is 24.8. The fourth-order valence-electron chi connectivity index (χ4n) is 8.93. The minimum atomic E-state index is -0.158. The van der Waals surface area contributed by atoms with Gasteiger partial charge in [0.25, 0.3) is 0 Å². The number of halogens is 1. The number of ether oxygens (including phenoxy) is 4. The lowest BCUT2D eigenvalue weighted by atomic mass is 9.93. The van der Waals surface area contributed by atoms with E-state index in [-0.39, 0.29) is 17.3 Å². The Bertz CT molecular complexity index is 3400.